The minimum atomic E-state index is -0.356. The lowest BCUT2D eigenvalue weighted by molar-refractivity contribution is -0.201. The standard InChI is InChI=1S/C33H32N2O3/c36-26-15-14-22-18-24(13-12-23(22)19-26)33(37)32-20-34(25-6-5-7-25)16-17-35(32)38-21-31-29-10-3-1-8-27(29)28-9-2-4-11-30(28)31/h1-4,8-15,18-19,25,31-32,36H,5-7,16-17,20-21H2. The highest BCUT2D eigenvalue weighted by Crippen LogP contribution is 2.44. The number of carbonyl (C=O) groups excluding carboxylic acids is 1. The molecular formula is C33H32N2O3. The maximum Gasteiger partial charge on any atom is 0.183 e. The highest BCUT2D eigenvalue weighted by atomic mass is 16.7. The number of phenols is 1. The number of phenolic OH excluding ortho intramolecular Hbond substituents is 1. The van der Waals surface area contributed by atoms with Crippen molar-refractivity contribution < 1.29 is 14.7 Å². The molecule has 2 aliphatic carbocycles. The second-order valence-corrected chi connectivity index (χ2v) is 10.9. The highest BCUT2D eigenvalue weighted by Gasteiger charge is 2.39. The first-order valence-electron chi connectivity index (χ1n) is 13.7. The van der Waals surface area contributed by atoms with Gasteiger partial charge in [-0.3, -0.25) is 14.5 Å². The number of rotatable bonds is 6. The van der Waals surface area contributed by atoms with Gasteiger partial charge in [-0.25, -0.2) is 0 Å². The molecule has 1 N–H and O–H groups in total. The van der Waals surface area contributed by atoms with Crippen LogP contribution in [0.25, 0.3) is 21.9 Å². The van der Waals surface area contributed by atoms with Crippen molar-refractivity contribution in [2.75, 3.05) is 26.2 Å². The van der Waals surface area contributed by atoms with Gasteiger partial charge in [0.1, 0.15) is 11.8 Å². The van der Waals surface area contributed by atoms with E-state index in [0.29, 0.717) is 31.3 Å². The number of piperazine rings is 1. The van der Waals surface area contributed by atoms with Gasteiger partial charge in [-0.1, -0.05) is 73.2 Å². The van der Waals surface area contributed by atoms with Crippen LogP contribution in [0.3, 0.4) is 0 Å². The number of hydrogen-bond donors (Lipinski definition) is 1. The van der Waals surface area contributed by atoms with Gasteiger partial charge >= 0.3 is 0 Å². The van der Waals surface area contributed by atoms with Gasteiger partial charge in [0, 0.05) is 37.2 Å². The van der Waals surface area contributed by atoms with Gasteiger partial charge in [-0.05, 0) is 64.1 Å². The van der Waals surface area contributed by atoms with E-state index in [1.165, 1.54) is 41.5 Å². The molecule has 0 bridgehead atoms. The van der Waals surface area contributed by atoms with E-state index in [1.807, 2.05) is 29.3 Å². The predicted octanol–water partition coefficient (Wildman–Crippen LogP) is 6.01. The van der Waals surface area contributed by atoms with E-state index in [2.05, 4.69) is 53.4 Å². The molecule has 5 heteroatoms. The third kappa shape index (κ3) is 4.11. The molecule has 0 aromatic heterocycles. The van der Waals surface area contributed by atoms with Crippen LogP contribution in [0.1, 0.15) is 46.7 Å². The number of nitrogens with zero attached hydrogens (tertiary/aromatic N) is 2. The number of Topliss-reactive ketones (excluding diaryl/α,β-unsaturated/α-hetero) is 1. The first-order valence-corrected chi connectivity index (χ1v) is 13.7. The third-order valence-corrected chi connectivity index (χ3v) is 8.73. The fourth-order valence-corrected chi connectivity index (χ4v) is 6.43. The van der Waals surface area contributed by atoms with Crippen LogP contribution in [0.2, 0.25) is 0 Å². The number of fused-ring (bicyclic) bond motifs is 4. The van der Waals surface area contributed by atoms with Gasteiger partial charge in [0.05, 0.1) is 6.61 Å². The molecule has 4 aromatic rings. The second-order valence-electron chi connectivity index (χ2n) is 10.9. The molecule has 192 valence electrons. The van der Waals surface area contributed by atoms with Crippen molar-refractivity contribution in [3.05, 3.63) is 102 Å². The van der Waals surface area contributed by atoms with Crippen LogP contribution in [-0.4, -0.2) is 59.2 Å². The van der Waals surface area contributed by atoms with Crippen LogP contribution in [0, 0.1) is 0 Å². The van der Waals surface area contributed by atoms with Crippen LogP contribution in [-0.2, 0) is 4.84 Å². The summed E-state index contributed by atoms with van der Waals surface area (Å²) in [5.74, 6) is 0.474. The Hall–Kier alpha value is -3.51. The molecule has 0 radical (unpaired) electrons. The molecule has 4 aromatic carbocycles. The molecule has 7 rings (SSSR count). The monoisotopic (exact) mass is 504 g/mol. The normalized spacial score (nSPS) is 20.3. The highest BCUT2D eigenvalue weighted by molar-refractivity contribution is 6.03. The molecule has 2 fully saturated rings. The summed E-state index contributed by atoms with van der Waals surface area (Å²) >= 11 is 0. The molecule has 1 atom stereocenters. The van der Waals surface area contributed by atoms with E-state index in [4.69, 9.17) is 4.84 Å². The Morgan fingerprint density at radius 1 is 0.842 bits per heavy atom. The zero-order chi connectivity index (χ0) is 25.6. The summed E-state index contributed by atoms with van der Waals surface area (Å²) in [5, 5.41) is 13.7. The van der Waals surface area contributed by atoms with Crippen LogP contribution >= 0.6 is 0 Å². The van der Waals surface area contributed by atoms with E-state index in [9.17, 15) is 9.90 Å². The molecule has 0 amide bonds. The largest absolute Gasteiger partial charge is 0.508 e. The summed E-state index contributed by atoms with van der Waals surface area (Å²) in [6, 6.07) is 28.4. The van der Waals surface area contributed by atoms with Crippen LogP contribution in [0.4, 0.5) is 0 Å². The fraction of sp³-hybridized carbons (Fsp3) is 0.303. The van der Waals surface area contributed by atoms with E-state index in [-0.39, 0.29) is 23.5 Å². The first-order chi connectivity index (χ1) is 18.7. The summed E-state index contributed by atoms with van der Waals surface area (Å²) in [7, 11) is 0. The molecule has 5 nitrogen and oxygen atoms in total. The SMILES string of the molecule is O=C(c1ccc2cc(O)ccc2c1)C1CN(C2CCC2)CCN1OCC1c2ccccc2-c2ccccc21. The van der Waals surface area contributed by atoms with Gasteiger partial charge in [0.15, 0.2) is 5.78 Å². The van der Waals surface area contributed by atoms with Crippen molar-refractivity contribution in [3.8, 4) is 16.9 Å². The van der Waals surface area contributed by atoms with Crippen molar-refractivity contribution in [1.82, 2.24) is 9.96 Å². The molecule has 0 spiro atoms. The van der Waals surface area contributed by atoms with Crippen molar-refractivity contribution in [2.24, 2.45) is 0 Å². The summed E-state index contributed by atoms with van der Waals surface area (Å²) in [6.45, 7) is 2.83. The zero-order valence-electron chi connectivity index (χ0n) is 21.4. The topological polar surface area (TPSA) is 53.0 Å². The Balaban J connectivity index is 1.16. The molecule has 3 aliphatic rings. The van der Waals surface area contributed by atoms with Gasteiger partial charge in [-0.2, -0.15) is 5.06 Å². The number of benzene rings is 4. The van der Waals surface area contributed by atoms with Gasteiger partial charge in [0.25, 0.3) is 0 Å². The van der Waals surface area contributed by atoms with E-state index in [1.54, 1.807) is 12.1 Å². The predicted molar refractivity (Wildman–Crippen MR) is 149 cm³/mol. The zero-order valence-corrected chi connectivity index (χ0v) is 21.4. The average molecular weight is 505 g/mol. The van der Waals surface area contributed by atoms with Gasteiger partial charge in [0.2, 0.25) is 0 Å². The van der Waals surface area contributed by atoms with Crippen LogP contribution < -0.4 is 0 Å². The lowest BCUT2D eigenvalue weighted by Gasteiger charge is -2.46. The van der Waals surface area contributed by atoms with Crippen LogP contribution in [0.15, 0.2) is 84.9 Å². The maximum atomic E-state index is 14.0. The number of aromatic hydroxyl groups is 1. The lowest BCUT2D eigenvalue weighted by Crippen LogP contribution is -2.59. The Morgan fingerprint density at radius 3 is 2.24 bits per heavy atom. The molecular weight excluding hydrogens is 472 g/mol. The maximum absolute atomic E-state index is 14.0. The Labute approximate surface area is 223 Å². The third-order valence-electron chi connectivity index (χ3n) is 8.73. The molecule has 1 saturated heterocycles. The van der Waals surface area contributed by atoms with E-state index < -0.39 is 0 Å². The van der Waals surface area contributed by atoms with E-state index in [0.717, 1.165) is 17.3 Å². The molecule has 1 saturated carbocycles. The molecule has 1 aliphatic heterocycles. The van der Waals surface area contributed by atoms with Gasteiger partial charge in [-0.15, -0.1) is 0 Å². The van der Waals surface area contributed by atoms with Crippen molar-refractivity contribution in [3.63, 3.8) is 0 Å². The fourth-order valence-electron chi connectivity index (χ4n) is 6.43. The minimum absolute atomic E-state index is 0.0937. The van der Waals surface area contributed by atoms with Crippen molar-refractivity contribution in [1.29, 1.82) is 0 Å². The minimum Gasteiger partial charge on any atom is -0.508 e. The quantitative estimate of drug-likeness (QED) is 0.326. The second kappa shape index (κ2) is 9.66. The van der Waals surface area contributed by atoms with Crippen molar-refractivity contribution in [2.45, 2.75) is 37.3 Å². The van der Waals surface area contributed by atoms with E-state index >= 15 is 0 Å². The lowest BCUT2D eigenvalue weighted by atomic mass is 9.89. The summed E-state index contributed by atoms with van der Waals surface area (Å²) < 4.78 is 0. The van der Waals surface area contributed by atoms with Crippen molar-refractivity contribution >= 4 is 16.6 Å². The molecule has 1 heterocycles. The van der Waals surface area contributed by atoms with Gasteiger partial charge < -0.3 is 5.11 Å². The Morgan fingerprint density at radius 2 is 1.53 bits per heavy atom. The Bertz CT molecular complexity index is 1470. The molecule has 1 unspecified atom stereocenters. The number of ketones is 1. The smallest absolute Gasteiger partial charge is 0.183 e. The average Bonchev–Trinajstić information content (AvgIpc) is 3.24. The molecule has 38 heavy (non-hydrogen) atoms. The van der Waals surface area contributed by atoms with Crippen LogP contribution in [0.5, 0.6) is 5.75 Å². The Kier molecular flexibility index (Phi) is 6.00. The number of carbonyl (C=O) groups is 1. The summed E-state index contributed by atoms with van der Waals surface area (Å²) in [6.07, 6.45) is 3.71. The number of hydroxylamine groups is 2. The summed E-state index contributed by atoms with van der Waals surface area (Å²) in [5.41, 5.74) is 5.83. The summed E-state index contributed by atoms with van der Waals surface area (Å²) in [4.78, 5) is 23.1. The number of hydrogen-bond acceptors (Lipinski definition) is 5. The first kappa shape index (κ1) is 23.6.